The van der Waals surface area contributed by atoms with E-state index in [0.29, 0.717) is 32.7 Å². The third-order valence-electron chi connectivity index (χ3n) is 6.50. The fraction of sp³-hybridized carbons (Fsp3) is 0.517. The Morgan fingerprint density at radius 1 is 1.03 bits per heavy atom. The van der Waals surface area contributed by atoms with Gasteiger partial charge in [-0.1, -0.05) is 42.5 Å². The van der Waals surface area contributed by atoms with Crippen LogP contribution in [0, 0.1) is 5.82 Å². The molecular weight excluding hydrogens is 473 g/mol. The van der Waals surface area contributed by atoms with E-state index in [1.807, 2.05) is 43.9 Å². The lowest BCUT2D eigenvalue weighted by Gasteiger charge is -2.45. The second-order valence-corrected chi connectivity index (χ2v) is 10.7. The van der Waals surface area contributed by atoms with Crippen LogP contribution in [-0.2, 0) is 31.9 Å². The van der Waals surface area contributed by atoms with Gasteiger partial charge in [0.1, 0.15) is 12.4 Å². The van der Waals surface area contributed by atoms with E-state index in [1.54, 1.807) is 12.1 Å². The molecule has 0 bridgehead atoms. The first-order valence-electron chi connectivity index (χ1n) is 12.9. The SMILES string of the molecule is CC(=O)OCC(Cc1ccccc1)N1CCN(C(=O)C(N)Cc2ccc(F)cc2)C(COC(C)(C)C)C1. The Morgan fingerprint density at radius 3 is 2.30 bits per heavy atom. The summed E-state index contributed by atoms with van der Waals surface area (Å²) in [5.74, 6) is -0.782. The number of hydrogen-bond donors (Lipinski definition) is 1. The minimum atomic E-state index is -0.740. The molecule has 1 saturated heterocycles. The summed E-state index contributed by atoms with van der Waals surface area (Å²) in [6.45, 7) is 9.69. The van der Waals surface area contributed by atoms with Gasteiger partial charge in [-0.2, -0.15) is 0 Å². The number of rotatable bonds is 10. The largest absolute Gasteiger partial charge is 0.464 e. The van der Waals surface area contributed by atoms with Gasteiger partial charge in [-0.3, -0.25) is 14.5 Å². The summed E-state index contributed by atoms with van der Waals surface area (Å²) in [6.07, 6.45) is 1.05. The number of halogens is 1. The van der Waals surface area contributed by atoms with Crippen LogP contribution in [0.5, 0.6) is 0 Å². The summed E-state index contributed by atoms with van der Waals surface area (Å²) >= 11 is 0. The molecule has 2 N–H and O–H groups in total. The van der Waals surface area contributed by atoms with Gasteiger partial charge in [-0.25, -0.2) is 4.39 Å². The molecule has 202 valence electrons. The second kappa shape index (κ2) is 13.1. The Balaban J connectivity index is 1.75. The lowest BCUT2D eigenvalue weighted by atomic mass is 10.0. The zero-order valence-electron chi connectivity index (χ0n) is 22.4. The van der Waals surface area contributed by atoms with E-state index in [4.69, 9.17) is 15.2 Å². The molecule has 3 rings (SSSR count). The molecule has 0 spiro atoms. The van der Waals surface area contributed by atoms with Crippen molar-refractivity contribution in [3.8, 4) is 0 Å². The number of carbonyl (C=O) groups is 2. The average Bonchev–Trinajstić information content (AvgIpc) is 2.86. The molecule has 0 radical (unpaired) electrons. The van der Waals surface area contributed by atoms with Gasteiger partial charge < -0.3 is 20.1 Å². The average molecular weight is 514 g/mol. The molecular formula is C29H40FN3O4. The number of benzene rings is 2. The van der Waals surface area contributed by atoms with Crippen LogP contribution in [0.15, 0.2) is 54.6 Å². The van der Waals surface area contributed by atoms with Crippen LogP contribution < -0.4 is 5.73 Å². The van der Waals surface area contributed by atoms with Crippen molar-refractivity contribution < 1.29 is 23.5 Å². The highest BCUT2D eigenvalue weighted by Gasteiger charge is 2.36. The van der Waals surface area contributed by atoms with Crippen molar-refractivity contribution in [2.75, 3.05) is 32.8 Å². The molecule has 1 aliphatic heterocycles. The highest BCUT2D eigenvalue weighted by atomic mass is 19.1. The highest BCUT2D eigenvalue weighted by molar-refractivity contribution is 5.82. The van der Waals surface area contributed by atoms with Crippen LogP contribution in [0.25, 0.3) is 0 Å². The summed E-state index contributed by atoms with van der Waals surface area (Å²) in [5, 5.41) is 0. The van der Waals surface area contributed by atoms with Crippen LogP contribution in [0.2, 0.25) is 0 Å². The summed E-state index contributed by atoms with van der Waals surface area (Å²) in [5.41, 5.74) is 7.94. The number of amides is 1. The van der Waals surface area contributed by atoms with E-state index >= 15 is 0 Å². The number of nitrogens with two attached hydrogens (primary N) is 1. The smallest absolute Gasteiger partial charge is 0.302 e. The van der Waals surface area contributed by atoms with Crippen molar-refractivity contribution in [3.05, 3.63) is 71.5 Å². The van der Waals surface area contributed by atoms with Gasteiger partial charge in [0.05, 0.1) is 24.3 Å². The van der Waals surface area contributed by atoms with Crippen molar-refractivity contribution in [2.24, 2.45) is 5.73 Å². The maximum atomic E-state index is 13.5. The second-order valence-electron chi connectivity index (χ2n) is 10.7. The van der Waals surface area contributed by atoms with Crippen LogP contribution in [-0.4, -0.2) is 78.3 Å². The van der Waals surface area contributed by atoms with Crippen molar-refractivity contribution in [2.45, 2.75) is 64.3 Å². The van der Waals surface area contributed by atoms with Gasteiger partial charge in [0, 0.05) is 32.6 Å². The molecule has 2 aromatic carbocycles. The van der Waals surface area contributed by atoms with E-state index < -0.39 is 6.04 Å². The molecule has 3 unspecified atom stereocenters. The number of carbonyl (C=O) groups excluding carboxylic acids is 2. The number of ether oxygens (including phenoxy) is 2. The van der Waals surface area contributed by atoms with Gasteiger partial charge in [0.2, 0.25) is 5.91 Å². The number of piperazine rings is 1. The van der Waals surface area contributed by atoms with E-state index in [-0.39, 0.29) is 42.0 Å². The number of hydrogen-bond acceptors (Lipinski definition) is 6. The molecule has 1 aliphatic rings. The predicted molar refractivity (Wildman–Crippen MR) is 141 cm³/mol. The molecule has 1 amide bonds. The van der Waals surface area contributed by atoms with E-state index in [1.165, 1.54) is 19.1 Å². The molecule has 1 fully saturated rings. The summed E-state index contributed by atoms with van der Waals surface area (Å²) in [7, 11) is 0. The predicted octanol–water partition coefficient (Wildman–Crippen LogP) is 3.20. The maximum absolute atomic E-state index is 13.5. The van der Waals surface area contributed by atoms with Crippen LogP contribution in [0.4, 0.5) is 4.39 Å². The summed E-state index contributed by atoms with van der Waals surface area (Å²) in [4.78, 5) is 29.2. The third kappa shape index (κ3) is 9.22. The molecule has 8 heteroatoms. The lowest BCUT2D eigenvalue weighted by Crippen LogP contribution is -2.62. The van der Waals surface area contributed by atoms with Gasteiger partial charge in [-0.15, -0.1) is 0 Å². The fourth-order valence-electron chi connectivity index (χ4n) is 4.56. The first-order valence-corrected chi connectivity index (χ1v) is 12.9. The highest BCUT2D eigenvalue weighted by Crippen LogP contribution is 2.20. The molecule has 0 aromatic heterocycles. The quantitative estimate of drug-likeness (QED) is 0.491. The zero-order chi connectivity index (χ0) is 27.0. The Labute approximate surface area is 219 Å². The third-order valence-corrected chi connectivity index (χ3v) is 6.50. The molecule has 2 aromatic rings. The topological polar surface area (TPSA) is 85.1 Å². The lowest BCUT2D eigenvalue weighted by molar-refractivity contribution is -0.146. The minimum absolute atomic E-state index is 0.0337. The number of nitrogens with zero attached hydrogens (tertiary/aromatic N) is 2. The Bertz CT molecular complexity index is 1010. The van der Waals surface area contributed by atoms with E-state index in [9.17, 15) is 14.0 Å². The van der Waals surface area contributed by atoms with Gasteiger partial charge in [-0.05, 0) is 56.9 Å². The summed E-state index contributed by atoms with van der Waals surface area (Å²) < 4.78 is 24.8. The van der Waals surface area contributed by atoms with Crippen LogP contribution >= 0.6 is 0 Å². The Hall–Kier alpha value is -2.81. The molecule has 3 atom stereocenters. The first-order chi connectivity index (χ1) is 17.5. The fourth-order valence-corrected chi connectivity index (χ4v) is 4.56. The first kappa shape index (κ1) is 28.8. The summed E-state index contributed by atoms with van der Waals surface area (Å²) in [6, 6.07) is 15.2. The monoisotopic (exact) mass is 513 g/mol. The van der Waals surface area contributed by atoms with Gasteiger partial charge >= 0.3 is 5.97 Å². The number of esters is 1. The molecule has 7 nitrogen and oxygen atoms in total. The van der Waals surface area contributed by atoms with Crippen molar-refractivity contribution in [1.29, 1.82) is 0 Å². The zero-order valence-corrected chi connectivity index (χ0v) is 22.4. The van der Waals surface area contributed by atoms with Gasteiger partial charge in [0.15, 0.2) is 0 Å². The van der Waals surface area contributed by atoms with Crippen molar-refractivity contribution in [1.82, 2.24) is 9.80 Å². The van der Waals surface area contributed by atoms with Crippen LogP contribution in [0.3, 0.4) is 0 Å². The minimum Gasteiger partial charge on any atom is -0.464 e. The Kier molecular flexibility index (Phi) is 10.2. The maximum Gasteiger partial charge on any atom is 0.302 e. The van der Waals surface area contributed by atoms with E-state index in [2.05, 4.69) is 17.0 Å². The van der Waals surface area contributed by atoms with Crippen molar-refractivity contribution in [3.63, 3.8) is 0 Å². The molecule has 0 aliphatic carbocycles. The Morgan fingerprint density at radius 2 is 1.68 bits per heavy atom. The molecule has 1 heterocycles. The van der Waals surface area contributed by atoms with Crippen LogP contribution in [0.1, 0.15) is 38.8 Å². The molecule has 37 heavy (non-hydrogen) atoms. The normalized spacial score (nSPS) is 18.3. The van der Waals surface area contributed by atoms with Crippen molar-refractivity contribution >= 4 is 11.9 Å². The van der Waals surface area contributed by atoms with Gasteiger partial charge in [0.25, 0.3) is 0 Å². The van der Waals surface area contributed by atoms with E-state index in [0.717, 1.165) is 17.5 Å². The standard InChI is InChI=1S/C29H40FN3O4/c1-21(34)36-19-25(16-22-8-6-5-7-9-22)32-14-15-33(26(18-32)20-37-29(2,3)4)28(35)27(31)17-23-10-12-24(30)13-11-23/h5-13,25-27H,14-20,31H2,1-4H3. The molecule has 0 saturated carbocycles.